The number of para-hydroxylation sites is 2. The summed E-state index contributed by atoms with van der Waals surface area (Å²) in [7, 11) is 0. The van der Waals surface area contributed by atoms with Gasteiger partial charge < -0.3 is 9.88 Å². The van der Waals surface area contributed by atoms with Crippen LogP contribution >= 0.6 is 0 Å². The number of imide groups is 1. The number of nitrogens with one attached hydrogen (secondary N) is 2. The van der Waals surface area contributed by atoms with Gasteiger partial charge in [-0.05, 0) is 42.5 Å². The van der Waals surface area contributed by atoms with Crippen LogP contribution in [0.4, 0.5) is 10.7 Å². The number of amides is 4. The van der Waals surface area contributed by atoms with Crippen LogP contribution in [0.5, 0.6) is 0 Å². The number of imidazole rings is 1. The van der Waals surface area contributed by atoms with E-state index in [1.807, 2.05) is 60.0 Å². The number of nitrogens with zero attached hydrogens (tertiary/aromatic N) is 3. The fraction of sp³-hybridized carbons (Fsp3) is 0.304. The Morgan fingerprint density at radius 2 is 1.94 bits per heavy atom. The number of hydrogen-bond donors (Lipinski definition) is 2. The average Bonchev–Trinajstić information content (AvgIpc) is 3.38. The van der Waals surface area contributed by atoms with Crippen molar-refractivity contribution in [2.24, 2.45) is 0 Å². The van der Waals surface area contributed by atoms with Crippen molar-refractivity contribution < 1.29 is 14.4 Å². The van der Waals surface area contributed by atoms with Gasteiger partial charge in [-0.25, -0.2) is 9.78 Å². The maximum Gasteiger partial charge on any atom is 0.325 e. The molecule has 3 aromatic rings. The molecule has 8 heteroatoms. The first kappa shape index (κ1) is 19.3. The Morgan fingerprint density at radius 3 is 2.77 bits per heavy atom. The van der Waals surface area contributed by atoms with Gasteiger partial charge in [0.15, 0.2) is 0 Å². The van der Waals surface area contributed by atoms with Gasteiger partial charge in [-0.2, -0.15) is 0 Å². The summed E-state index contributed by atoms with van der Waals surface area (Å²) in [6.45, 7) is 2.38. The Hall–Kier alpha value is -3.68. The Balaban J connectivity index is 1.37. The number of fused-ring (bicyclic) bond motifs is 3. The second-order valence-corrected chi connectivity index (χ2v) is 8.01. The third kappa shape index (κ3) is 2.98. The molecule has 1 saturated heterocycles. The standard InChI is InChI=1S/C23H23N5O3/c1-2-13-27-18-10-6-5-9-17(18)24-21(27)25-19(29)14-28-20(30)23(26-22(28)31)12-11-15-7-3-4-8-16(15)23/h3-10H,2,11-14H2,1H3,(H,26,31)(H,24,25,29)/t23-/m1/s1. The summed E-state index contributed by atoms with van der Waals surface area (Å²) in [5, 5.41) is 5.63. The Kier molecular flexibility index (Phi) is 4.50. The van der Waals surface area contributed by atoms with Gasteiger partial charge in [0, 0.05) is 6.54 Å². The highest BCUT2D eigenvalue weighted by Gasteiger charge is 2.55. The minimum absolute atomic E-state index is 0.357. The van der Waals surface area contributed by atoms with Crippen LogP contribution in [0.15, 0.2) is 48.5 Å². The summed E-state index contributed by atoms with van der Waals surface area (Å²) in [5.41, 5.74) is 2.51. The van der Waals surface area contributed by atoms with Gasteiger partial charge in [0.2, 0.25) is 11.9 Å². The quantitative estimate of drug-likeness (QED) is 0.624. The van der Waals surface area contributed by atoms with Gasteiger partial charge in [-0.15, -0.1) is 0 Å². The molecule has 158 valence electrons. The second-order valence-electron chi connectivity index (χ2n) is 8.01. The zero-order valence-electron chi connectivity index (χ0n) is 17.2. The molecular formula is C23H23N5O3. The lowest BCUT2D eigenvalue weighted by Gasteiger charge is -2.22. The van der Waals surface area contributed by atoms with Gasteiger partial charge in [-0.3, -0.25) is 19.8 Å². The van der Waals surface area contributed by atoms with Crippen molar-refractivity contribution in [3.05, 3.63) is 59.7 Å². The number of rotatable bonds is 5. The number of aromatic nitrogens is 2. The van der Waals surface area contributed by atoms with E-state index in [1.165, 1.54) is 0 Å². The van der Waals surface area contributed by atoms with Crippen LogP contribution in [-0.2, 0) is 28.1 Å². The van der Waals surface area contributed by atoms with E-state index in [9.17, 15) is 14.4 Å². The smallest absolute Gasteiger partial charge is 0.319 e. The highest BCUT2D eigenvalue weighted by atomic mass is 16.2. The molecule has 31 heavy (non-hydrogen) atoms. The molecule has 2 aromatic carbocycles. The van der Waals surface area contributed by atoms with E-state index in [0.29, 0.717) is 25.3 Å². The van der Waals surface area contributed by atoms with Crippen molar-refractivity contribution >= 4 is 34.8 Å². The number of anilines is 1. The van der Waals surface area contributed by atoms with Crippen molar-refractivity contribution in [2.75, 3.05) is 11.9 Å². The highest BCUT2D eigenvalue weighted by Crippen LogP contribution is 2.41. The van der Waals surface area contributed by atoms with E-state index in [1.54, 1.807) is 0 Å². The predicted octanol–water partition coefficient (Wildman–Crippen LogP) is 2.78. The molecule has 2 N–H and O–H groups in total. The summed E-state index contributed by atoms with van der Waals surface area (Å²) in [6.07, 6.45) is 2.09. The van der Waals surface area contributed by atoms with Crippen LogP contribution in [0.2, 0.25) is 0 Å². The lowest BCUT2D eigenvalue weighted by atomic mass is 9.92. The molecule has 0 bridgehead atoms. The van der Waals surface area contributed by atoms with Gasteiger partial charge in [0.05, 0.1) is 11.0 Å². The summed E-state index contributed by atoms with van der Waals surface area (Å²) in [6, 6.07) is 14.7. The fourth-order valence-corrected chi connectivity index (χ4v) is 4.66. The molecule has 2 heterocycles. The summed E-state index contributed by atoms with van der Waals surface area (Å²) < 4.78 is 1.94. The first-order valence-electron chi connectivity index (χ1n) is 10.5. The van der Waals surface area contributed by atoms with Gasteiger partial charge >= 0.3 is 6.03 Å². The number of aryl methyl sites for hydroxylation is 2. The zero-order chi connectivity index (χ0) is 21.6. The van der Waals surface area contributed by atoms with Crippen molar-refractivity contribution in [1.29, 1.82) is 0 Å². The van der Waals surface area contributed by atoms with Crippen LogP contribution < -0.4 is 10.6 Å². The molecule has 2 aliphatic rings. The SMILES string of the molecule is CCCn1c(NC(=O)CN2C(=O)N[C@@]3(CCc4ccccc43)C2=O)nc2ccccc21. The maximum absolute atomic E-state index is 13.2. The molecule has 1 aliphatic carbocycles. The van der Waals surface area contributed by atoms with E-state index in [0.717, 1.165) is 33.5 Å². The lowest BCUT2D eigenvalue weighted by molar-refractivity contribution is -0.134. The number of hydrogen-bond acceptors (Lipinski definition) is 4. The molecule has 0 radical (unpaired) electrons. The zero-order valence-corrected chi connectivity index (χ0v) is 17.2. The first-order valence-corrected chi connectivity index (χ1v) is 10.5. The summed E-state index contributed by atoms with van der Waals surface area (Å²) in [4.78, 5) is 44.2. The van der Waals surface area contributed by atoms with Crippen molar-refractivity contribution in [3.8, 4) is 0 Å². The minimum Gasteiger partial charge on any atom is -0.319 e. The Labute approximate surface area is 179 Å². The topological polar surface area (TPSA) is 96.3 Å². The van der Waals surface area contributed by atoms with Crippen molar-refractivity contribution in [3.63, 3.8) is 0 Å². The summed E-state index contributed by atoms with van der Waals surface area (Å²) in [5.74, 6) is -0.416. The van der Waals surface area contributed by atoms with Crippen molar-refractivity contribution in [2.45, 2.75) is 38.3 Å². The Bertz CT molecular complexity index is 1220. The molecule has 1 atom stereocenters. The van der Waals surface area contributed by atoms with Crippen LogP contribution in [-0.4, -0.2) is 38.8 Å². The van der Waals surface area contributed by atoms with Crippen LogP contribution in [0.25, 0.3) is 11.0 Å². The normalized spacial score (nSPS) is 19.8. The number of urea groups is 1. The molecule has 1 aliphatic heterocycles. The van der Waals surface area contributed by atoms with Crippen molar-refractivity contribution in [1.82, 2.24) is 19.8 Å². The van der Waals surface area contributed by atoms with E-state index in [4.69, 9.17) is 0 Å². The third-order valence-electron chi connectivity index (χ3n) is 6.08. The predicted molar refractivity (Wildman–Crippen MR) is 115 cm³/mol. The minimum atomic E-state index is -1.07. The van der Waals surface area contributed by atoms with Gasteiger partial charge in [0.1, 0.15) is 12.1 Å². The second kappa shape index (κ2) is 7.23. The average molecular weight is 417 g/mol. The van der Waals surface area contributed by atoms with Crippen LogP contribution in [0, 0.1) is 0 Å². The van der Waals surface area contributed by atoms with E-state index in [-0.39, 0.29) is 12.5 Å². The molecule has 1 aromatic heterocycles. The number of benzene rings is 2. The van der Waals surface area contributed by atoms with E-state index >= 15 is 0 Å². The molecule has 1 spiro atoms. The first-order chi connectivity index (χ1) is 15.0. The van der Waals surface area contributed by atoms with Crippen LogP contribution in [0.3, 0.4) is 0 Å². The number of carbonyl (C=O) groups is 3. The van der Waals surface area contributed by atoms with Gasteiger partial charge in [-0.1, -0.05) is 43.3 Å². The number of carbonyl (C=O) groups excluding carboxylic acids is 3. The molecule has 0 saturated carbocycles. The van der Waals surface area contributed by atoms with Gasteiger partial charge in [0.25, 0.3) is 5.91 Å². The lowest BCUT2D eigenvalue weighted by Crippen LogP contribution is -2.43. The molecule has 4 amide bonds. The molecule has 8 nitrogen and oxygen atoms in total. The van der Waals surface area contributed by atoms with Crippen LogP contribution in [0.1, 0.15) is 30.9 Å². The monoisotopic (exact) mass is 417 g/mol. The highest BCUT2D eigenvalue weighted by molar-refractivity contribution is 6.10. The largest absolute Gasteiger partial charge is 0.325 e. The van der Waals surface area contributed by atoms with E-state index < -0.39 is 17.5 Å². The third-order valence-corrected chi connectivity index (χ3v) is 6.08. The summed E-state index contributed by atoms with van der Waals surface area (Å²) >= 11 is 0. The molecule has 0 unspecified atom stereocenters. The molecule has 1 fully saturated rings. The Morgan fingerprint density at radius 1 is 1.16 bits per heavy atom. The van der Waals surface area contributed by atoms with E-state index in [2.05, 4.69) is 15.6 Å². The fourth-order valence-electron chi connectivity index (χ4n) is 4.66. The molecular weight excluding hydrogens is 394 g/mol. The maximum atomic E-state index is 13.2. The molecule has 5 rings (SSSR count).